The molecule has 112 valence electrons. The number of hydrogen-bond acceptors (Lipinski definition) is 4. The molecule has 0 saturated heterocycles. The van der Waals surface area contributed by atoms with Gasteiger partial charge in [-0.3, -0.25) is 0 Å². The summed E-state index contributed by atoms with van der Waals surface area (Å²) in [5.74, 6) is 1.11. The molecule has 1 atom stereocenters. The van der Waals surface area contributed by atoms with E-state index in [1.807, 2.05) is 38.1 Å². The molecule has 0 amide bonds. The first kappa shape index (κ1) is 15.2. The van der Waals surface area contributed by atoms with E-state index in [0.717, 1.165) is 11.3 Å². The molecule has 0 N–H and O–H groups in total. The van der Waals surface area contributed by atoms with Crippen molar-refractivity contribution in [1.29, 1.82) is 0 Å². The SMILES string of the molecule is C=CCOC1=C(c2ccc(OC)cc2)C(=O)O[C@H]1C(C)C. The van der Waals surface area contributed by atoms with Gasteiger partial charge in [-0.15, -0.1) is 0 Å². The predicted octanol–water partition coefficient (Wildman–Crippen LogP) is 3.19. The van der Waals surface area contributed by atoms with E-state index in [9.17, 15) is 4.79 Å². The van der Waals surface area contributed by atoms with E-state index in [2.05, 4.69) is 6.58 Å². The molecular weight excluding hydrogens is 268 g/mol. The Hall–Kier alpha value is -2.23. The molecule has 0 bridgehead atoms. The standard InChI is InChI=1S/C17H20O4/c1-5-10-20-16-14(17(18)21-15(16)11(2)3)12-6-8-13(19-4)9-7-12/h5-9,11,15H,1,10H2,2-4H3/t15-/m0/s1. The Balaban J connectivity index is 2.43. The van der Waals surface area contributed by atoms with Crippen molar-refractivity contribution in [1.82, 2.24) is 0 Å². The molecule has 1 aromatic carbocycles. The summed E-state index contributed by atoms with van der Waals surface area (Å²) < 4.78 is 16.3. The maximum absolute atomic E-state index is 12.2. The number of benzene rings is 1. The van der Waals surface area contributed by atoms with Crippen molar-refractivity contribution < 1.29 is 19.0 Å². The number of methoxy groups -OCH3 is 1. The van der Waals surface area contributed by atoms with Crippen LogP contribution in [-0.2, 0) is 14.3 Å². The number of carbonyl (C=O) groups excluding carboxylic acids is 1. The van der Waals surface area contributed by atoms with Crippen molar-refractivity contribution >= 4 is 11.5 Å². The number of rotatable bonds is 6. The molecule has 0 spiro atoms. The smallest absolute Gasteiger partial charge is 0.343 e. The Morgan fingerprint density at radius 2 is 2.00 bits per heavy atom. The molecule has 4 heteroatoms. The van der Waals surface area contributed by atoms with Crippen LogP contribution in [0.15, 0.2) is 42.7 Å². The molecule has 4 nitrogen and oxygen atoms in total. The van der Waals surface area contributed by atoms with Crippen LogP contribution < -0.4 is 4.74 Å². The Morgan fingerprint density at radius 1 is 1.33 bits per heavy atom. The molecule has 0 aliphatic carbocycles. The summed E-state index contributed by atoms with van der Waals surface area (Å²) in [5.41, 5.74) is 1.25. The highest BCUT2D eigenvalue weighted by Crippen LogP contribution is 2.35. The molecular formula is C17H20O4. The van der Waals surface area contributed by atoms with Crippen molar-refractivity contribution in [2.24, 2.45) is 5.92 Å². The first-order chi connectivity index (χ1) is 10.1. The van der Waals surface area contributed by atoms with Gasteiger partial charge >= 0.3 is 5.97 Å². The van der Waals surface area contributed by atoms with Crippen LogP contribution in [0.2, 0.25) is 0 Å². The summed E-state index contributed by atoms with van der Waals surface area (Å²) in [7, 11) is 1.60. The lowest BCUT2D eigenvalue weighted by atomic mass is 10.00. The lowest BCUT2D eigenvalue weighted by Crippen LogP contribution is -2.20. The summed E-state index contributed by atoms with van der Waals surface area (Å²) in [6.07, 6.45) is 1.30. The van der Waals surface area contributed by atoms with Gasteiger partial charge < -0.3 is 14.2 Å². The van der Waals surface area contributed by atoms with Crippen molar-refractivity contribution in [3.63, 3.8) is 0 Å². The molecule has 0 aromatic heterocycles. The zero-order valence-corrected chi connectivity index (χ0v) is 12.6. The molecule has 21 heavy (non-hydrogen) atoms. The Morgan fingerprint density at radius 3 is 2.52 bits per heavy atom. The maximum atomic E-state index is 12.2. The number of hydrogen-bond donors (Lipinski definition) is 0. The van der Waals surface area contributed by atoms with Gasteiger partial charge in [0.05, 0.1) is 7.11 Å². The molecule has 0 fully saturated rings. The van der Waals surface area contributed by atoms with E-state index in [1.165, 1.54) is 0 Å². The maximum Gasteiger partial charge on any atom is 0.343 e. The zero-order valence-electron chi connectivity index (χ0n) is 12.6. The van der Waals surface area contributed by atoms with Gasteiger partial charge in [0, 0.05) is 0 Å². The predicted molar refractivity (Wildman–Crippen MR) is 80.8 cm³/mol. The van der Waals surface area contributed by atoms with Gasteiger partial charge in [0.2, 0.25) is 0 Å². The van der Waals surface area contributed by atoms with Gasteiger partial charge in [-0.2, -0.15) is 0 Å². The van der Waals surface area contributed by atoms with Crippen molar-refractivity contribution in [3.05, 3.63) is 48.2 Å². The minimum Gasteiger partial charge on any atom is -0.497 e. The summed E-state index contributed by atoms with van der Waals surface area (Å²) in [4.78, 5) is 12.2. The Labute approximate surface area is 125 Å². The van der Waals surface area contributed by atoms with E-state index in [0.29, 0.717) is 17.9 Å². The Bertz CT molecular complexity index is 555. The van der Waals surface area contributed by atoms with Gasteiger partial charge in [-0.1, -0.05) is 38.6 Å². The number of esters is 1. The van der Waals surface area contributed by atoms with Crippen molar-refractivity contribution in [2.75, 3.05) is 13.7 Å². The highest BCUT2D eigenvalue weighted by atomic mass is 16.6. The second-order valence-electron chi connectivity index (χ2n) is 5.14. The van der Waals surface area contributed by atoms with Crippen LogP contribution in [-0.4, -0.2) is 25.8 Å². The molecule has 2 rings (SSSR count). The highest BCUT2D eigenvalue weighted by Gasteiger charge is 2.38. The van der Waals surface area contributed by atoms with E-state index in [4.69, 9.17) is 14.2 Å². The van der Waals surface area contributed by atoms with Gasteiger partial charge in [0.25, 0.3) is 0 Å². The van der Waals surface area contributed by atoms with Crippen LogP contribution in [0.5, 0.6) is 5.75 Å². The Kier molecular flexibility index (Phi) is 4.68. The lowest BCUT2D eigenvalue weighted by Gasteiger charge is -2.17. The molecule has 0 radical (unpaired) electrons. The fourth-order valence-corrected chi connectivity index (χ4v) is 2.23. The summed E-state index contributed by atoms with van der Waals surface area (Å²) in [5, 5.41) is 0. The molecule has 0 unspecified atom stereocenters. The number of cyclic esters (lactones) is 1. The second kappa shape index (κ2) is 6.48. The van der Waals surface area contributed by atoms with E-state index in [-0.39, 0.29) is 18.0 Å². The van der Waals surface area contributed by atoms with Crippen molar-refractivity contribution in [2.45, 2.75) is 20.0 Å². The molecule has 1 aromatic rings. The fourth-order valence-electron chi connectivity index (χ4n) is 2.23. The van der Waals surface area contributed by atoms with Crippen LogP contribution in [0.4, 0.5) is 0 Å². The molecule has 1 heterocycles. The minimum absolute atomic E-state index is 0.143. The van der Waals surface area contributed by atoms with Crippen LogP contribution in [0.25, 0.3) is 5.57 Å². The summed E-state index contributed by atoms with van der Waals surface area (Å²) in [6.45, 7) is 7.97. The van der Waals surface area contributed by atoms with E-state index >= 15 is 0 Å². The van der Waals surface area contributed by atoms with Crippen LogP contribution in [0.3, 0.4) is 0 Å². The second-order valence-corrected chi connectivity index (χ2v) is 5.14. The third-order valence-electron chi connectivity index (χ3n) is 3.28. The minimum atomic E-state index is -0.352. The highest BCUT2D eigenvalue weighted by molar-refractivity contribution is 6.19. The molecule has 0 saturated carbocycles. The average molecular weight is 288 g/mol. The van der Waals surface area contributed by atoms with Crippen LogP contribution >= 0.6 is 0 Å². The van der Waals surface area contributed by atoms with Crippen LogP contribution in [0, 0.1) is 5.92 Å². The number of ether oxygens (including phenoxy) is 3. The number of carbonyl (C=O) groups is 1. The van der Waals surface area contributed by atoms with E-state index < -0.39 is 0 Å². The third-order valence-corrected chi connectivity index (χ3v) is 3.28. The quantitative estimate of drug-likeness (QED) is 0.595. The third kappa shape index (κ3) is 3.10. The molecule has 1 aliphatic rings. The average Bonchev–Trinajstić information content (AvgIpc) is 2.82. The monoisotopic (exact) mass is 288 g/mol. The van der Waals surface area contributed by atoms with Gasteiger partial charge in [0.15, 0.2) is 11.9 Å². The van der Waals surface area contributed by atoms with Gasteiger partial charge in [-0.25, -0.2) is 4.79 Å². The van der Waals surface area contributed by atoms with E-state index in [1.54, 1.807) is 13.2 Å². The summed E-state index contributed by atoms with van der Waals surface area (Å²) >= 11 is 0. The van der Waals surface area contributed by atoms with Gasteiger partial charge in [-0.05, 0) is 23.6 Å². The zero-order chi connectivity index (χ0) is 15.4. The fraction of sp³-hybridized carbons (Fsp3) is 0.353. The topological polar surface area (TPSA) is 44.8 Å². The van der Waals surface area contributed by atoms with Gasteiger partial charge in [0.1, 0.15) is 17.9 Å². The first-order valence-corrected chi connectivity index (χ1v) is 6.91. The van der Waals surface area contributed by atoms with Crippen molar-refractivity contribution in [3.8, 4) is 5.75 Å². The normalized spacial score (nSPS) is 17.9. The first-order valence-electron chi connectivity index (χ1n) is 6.91. The largest absolute Gasteiger partial charge is 0.497 e. The summed E-state index contributed by atoms with van der Waals surface area (Å²) in [6, 6.07) is 7.28. The molecule has 1 aliphatic heterocycles. The van der Waals surface area contributed by atoms with Crippen LogP contribution in [0.1, 0.15) is 19.4 Å². The lowest BCUT2D eigenvalue weighted by molar-refractivity contribution is -0.140.